The molecule has 17 heavy (non-hydrogen) atoms. The van der Waals surface area contributed by atoms with Crippen molar-refractivity contribution in [2.24, 2.45) is 5.92 Å². The van der Waals surface area contributed by atoms with E-state index >= 15 is 0 Å². The van der Waals surface area contributed by atoms with Crippen molar-refractivity contribution in [2.45, 2.75) is 31.5 Å². The number of carbonyl (C=O) groups is 1. The van der Waals surface area contributed by atoms with Crippen LogP contribution in [-0.2, 0) is 14.3 Å². The van der Waals surface area contributed by atoms with Crippen molar-refractivity contribution < 1.29 is 29.6 Å². The van der Waals surface area contributed by atoms with Crippen LogP contribution in [0.4, 0.5) is 0 Å². The van der Waals surface area contributed by atoms with Crippen LogP contribution in [0, 0.1) is 5.92 Å². The largest absolute Gasteiger partial charge is 0.394 e. The first kappa shape index (κ1) is 14.3. The van der Waals surface area contributed by atoms with Crippen LogP contribution in [-0.4, -0.2) is 66.1 Å². The van der Waals surface area contributed by atoms with Crippen LogP contribution in [0.5, 0.6) is 0 Å². The number of aliphatic hydroxyl groups excluding tert-OH is 3. The highest BCUT2D eigenvalue weighted by atomic mass is 16.7. The first-order chi connectivity index (χ1) is 8.01. The lowest BCUT2D eigenvalue weighted by Gasteiger charge is -2.41. The molecule has 0 bridgehead atoms. The topological polar surface area (TPSA) is 108 Å². The molecular formula is C10H19NO6. The van der Waals surface area contributed by atoms with Crippen LogP contribution < -0.4 is 5.32 Å². The van der Waals surface area contributed by atoms with E-state index in [1.165, 1.54) is 14.0 Å². The molecule has 0 saturated carbocycles. The van der Waals surface area contributed by atoms with Crippen molar-refractivity contribution >= 4 is 5.91 Å². The highest BCUT2D eigenvalue weighted by molar-refractivity contribution is 5.72. The quantitative estimate of drug-likeness (QED) is 0.451. The van der Waals surface area contributed by atoms with Gasteiger partial charge in [0, 0.05) is 20.6 Å². The van der Waals surface area contributed by atoms with Gasteiger partial charge < -0.3 is 30.1 Å². The molecule has 5 atom stereocenters. The van der Waals surface area contributed by atoms with Crippen molar-refractivity contribution in [1.82, 2.24) is 5.32 Å². The van der Waals surface area contributed by atoms with Gasteiger partial charge in [-0.2, -0.15) is 0 Å². The van der Waals surface area contributed by atoms with Gasteiger partial charge in [0.2, 0.25) is 5.91 Å². The summed E-state index contributed by atoms with van der Waals surface area (Å²) in [6.07, 6.45) is -4.00. The van der Waals surface area contributed by atoms with E-state index in [0.29, 0.717) is 0 Å². The maximum Gasteiger partial charge on any atom is 0.216 e. The summed E-state index contributed by atoms with van der Waals surface area (Å²) in [6, 6.07) is 0. The molecule has 0 radical (unpaired) electrons. The molecule has 1 rings (SSSR count). The summed E-state index contributed by atoms with van der Waals surface area (Å²) < 4.78 is 10.3. The van der Waals surface area contributed by atoms with Gasteiger partial charge in [0.25, 0.3) is 0 Å². The molecule has 7 heteroatoms. The Morgan fingerprint density at radius 1 is 1.41 bits per heavy atom. The second-order valence-corrected chi connectivity index (χ2v) is 4.04. The van der Waals surface area contributed by atoms with Crippen molar-refractivity contribution in [3.05, 3.63) is 0 Å². The van der Waals surface area contributed by atoms with Gasteiger partial charge in [-0.25, -0.2) is 0 Å². The van der Waals surface area contributed by atoms with Gasteiger partial charge in [-0.1, -0.05) is 0 Å². The summed E-state index contributed by atoms with van der Waals surface area (Å²) in [4.78, 5) is 10.8. The number of ether oxygens (including phenoxy) is 2. The molecule has 1 aliphatic heterocycles. The van der Waals surface area contributed by atoms with Gasteiger partial charge in [-0.3, -0.25) is 4.79 Å². The Morgan fingerprint density at radius 3 is 2.53 bits per heavy atom. The summed E-state index contributed by atoms with van der Waals surface area (Å²) in [7, 11) is 1.39. The van der Waals surface area contributed by atoms with Crippen molar-refractivity contribution in [3.8, 4) is 0 Å². The predicted octanol–water partition coefficient (Wildman–Crippen LogP) is -2.18. The first-order valence-electron chi connectivity index (χ1n) is 5.41. The second kappa shape index (κ2) is 6.27. The van der Waals surface area contributed by atoms with E-state index in [0.717, 1.165) is 0 Å². The minimum atomic E-state index is -1.20. The number of rotatable bonds is 4. The predicted molar refractivity (Wildman–Crippen MR) is 56.9 cm³/mol. The number of hydrogen-bond acceptors (Lipinski definition) is 6. The van der Waals surface area contributed by atoms with Crippen LogP contribution in [0.3, 0.4) is 0 Å². The van der Waals surface area contributed by atoms with E-state index in [-0.39, 0.29) is 12.5 Å². The van der Waals surface area contributed by atoms with Crippen molar-refractivity contribution in [2.75, 3.05) is 20.3 Å². The maximum absolute atomic E-state index is 10.8. The minimum Gasteiger partial charge on any atom is -0.394 e. The molecule has 1 amide bonds. The number of hydrogen-bond donors (Lipinski definition) is 4. The molecule has 0 aromatic carbocycles. The standard InChI is InChI=1S/C10H19NO6/c1-5(13)11-3-6-8(14)9(15)7(4-12)17-10(6)16-2/h6-10,12,14-15H,3-4H2,1-2H3,(H,11,13)/t6-,7-,8-,9-,10-/m1/s1. The molecular weight excluding hydrogens is 230 g/mol. The van der Waals surface area contributed by atoms with Crippen LogP contribution >= 0.6 is 0 Å². The van der Waals surface area contributed by atoms with E-state index in [1.807, 2.05) is 0 Å². The van der Waals surface area contributed by atoms with E-state index in [9.17, 15) is 15.0 Å². The van der Waals surface area contributed by atoms with Gasteiger partial charge in [0.15, 0.2) is 6.29 Å². The lowest BCUT2D eigenvalue weighted by Crippen LogP contribution is -2.58. The summed E-state index contributed by atoms with van der Waals surface area (Å²) >= 11 is 0. The van der Waals surface area contributed by atoms with Gasteiger partial charge >= 0.3 is 0 Å². The molecule has 4 N–H and O–H groups in total. The molecule has 1 aliphatic rings. The van der Waals surface area contributed by atoms with Crippen LogP contribution in [0.1, 0.15) is 6.92 Å². The number of carbonyl (C=O) groups excluding carboxylic acids is 1. The summed E-state index contributed by atoms with van der Waals surface area (Å²) in [5.41, 5.74) is 0. The maximum atomic E-state index is 10.8. The Morgan fingerprint density at radius 2 is 2.06 bits per heavy atom. The Labute approximate surface area is 99.3 Å². The highest BCUT2D eigenvalue weighted by Crippen LogP contribution is 2.26. The average molecular weight is 249 g/mol. The van der Waals surface area contributed by atoms with E-state index in [2.05, 4.69) is 5.32 Å². The molecule has 0 aromatic heterocycles. The molecule has 7 nitrogen and oxygen atoms in total. The molecule has 1 fully saturated rings. The zero-order chi connectivity index (χ0) is 13.0. The van der Waals surface area contributed by atoms with Crippen LogP contribution in [0.25, 0.3) is 0 Å². The molecule has 1 saturated heterocycles. The Hall–Kier alpha value is -0.730. The van der Waals surface area contributed by atoms with Crippen LogP contribution in [0.15, 0.2) is 0 Å². The van der Waals surface area contributed by atoms with Gasteiger partial charge in [0.05, 0.1) is 18.6 Å². The van der Waals surface area contributed by atoms with Crippen LogP contribution in [0.2, 0.25) is 0 Å². The zero-order valence-corrected chi connectivity index (χ0v) is 9.87. The monoisotopic (exact) mass is 249 g/mol. The van der Waals surface area contributed by atoms with E-state index in [1.54, 1.807) is 0 Å². The molecule has 1 heterocycles. The van der Waals surface area contributed by atoms with Gasteiger partial charge in [0.1, 0.15) is 12.2 Å². The average Bonchev–Trinajstić information content (AvgIpc) is 2.30. The minimum absolute atomic E-state index is 0.129. The molecule has 0 spiro atoms. The lowest BCUT2D eigenvalue weighted by atomic mass is 9.91. The van der Waals surface area contributed by atoms with Gasteiger partial charge in [-0.05, 0) is 0 Å². The smallest absolute Gasteiger partial charge is 0.216 e. The highest BCUT2D eigenvalue weighted by Gasteiger charge is 2.44. The summed E-state index contributed by atoms with van der Waals surface area (Å²) in [5.74, 6) is -0.826. The molecule has 0 unspecified atom stereocenters. The normalized spacial score (nSPS) is 37.8. The fourth-order valence-corrected chi connectivity index (χ4v) is 1.85. The zero-order valence-electron chi connectivity index (χ0n) is 9.87. The summed E-state index contributed by atoms with van der Waals surface area (Å²) in [5, 5.41) is 31.1. The number of aliphatic hydroxyl groups is 3. The number of amides is 1. The number of nitrogens with one attached hydrogen (secondary N) is 1. The Bertz CT molecular complexity index is 259. The Kier molecular flexibility index (Phi) is 5.29. The van der Waals surface area contributed by atoms with E-state index in [4.69, 9.17) is 14.6 Å². The molecule has 0 aliphatic carbocycles. The Balaban J connectivity index is 2.68. The fraction of sp³-hybridized carbons (Fsp3) is 0.900. The summed E-state index contributed by atoms with van der Waals surface area (Å²) in [6.45, 7) is 1.07. The third kappa shape index (κ3) is 3.36. The molecule has 0 aromatic rings. The number of methoxy groups -OCH3 is 1. The third-order valence-corrected chi connectivity index (χ3v) is 2.83. The first-order valence-corrected chi connectivity index (χ1v) is 5.41. The SMILES string of the molecule is CO[C@@H]1O[C@H](CO)[C@@H](O)[C@H](O)[C@H]1CNC(C)=O. The van der Waals surface area contributed by atoms with Crippen molar-refractivity contribution in [1.29, 1.82) is 0 Å². The molecule has 100 valence electrons. The lowest BCUT2D eigenvalue weighted by molar-refractivity contribution is -0.277. The van der Waals surface area contributed by atoms with E-state index < -0.39 is 37.1 Å². The van der Waals surface area contributed by atoms with Gasteiger partial charge in [-0.15, -0.1) is 0 Å². The third-order valence-electron chi connectivity index (χ3n) is 2.83. The van der Waals surface area contributed by atoms with Crippen molar-refractivity contribution in [3.63, 3.8) is 0 Å². The second-order valence-electron chi connectivity index (χ2n) is 4.04. The fourth-order valence-electron chi connectivity index (χ4n) is 1.85.